The summed E-state index contributed by atoms with van der Waals surface area (Å²) in [6.07, 6.45) is 1.44. The van der Waals surface area contributed by atoms with Crippen molar-refractivity contribution in [2.75, 3.05) is 26.4 Å². The minimum Gasteiger partial charge on any atom is -0.491 e. The summed E-state index contributed by atoms with van der Waals surface area (Å²) in [5.74, 6) is 0.520. The highest BCUT2D eigenvalue weighted by molar-refractivity contribution is 5.84. The first-order chi connectivity index (χ1) is 10.1. The zero-order chi connectivity index (χ0) is 15.6. The van der Waals surface area contributed by atoms with Crippen LogP contribution in [0.1, 0.15) is 26.7 Å². The molecule has 0 saturated heterocycles. The van der Waals surface area contributed by atoms with Crippen LogP contribution in [0, 0.1) is 0 Å². The van der Waals surface area contributed by atoms with E-state index < -0.39 is 5.54 Å². The van der Waals surface area contributed by atoms with Gasteiger partial charge in [-0.05, 0) is 38.4 Å². The number of nitrogens with two attached hydrogens (primary N) is 1. The molecule has 3 N–H and O–H groups in total. The number of likely N-dealkylation sites (N-methyl/N-ethyl adjacent to an activating group) is 1. The molecule has 0 spiro atoms. The summed E-state index contributed by atoms with van der Waals surface area (Å²) in [6.45, 7) is 6.14. The molecule has 0 fully saturated rings. The number of carbonyl (C=O) groups is 1. The van der Waals surface area contributed by atoms with Crippen LogP contribution in [0.25, 0.3) is 0 Å². The van der Waals surface area contributed by atoms with Gasteiger partial charge in [-0.2, -0.15) is 0 Å². The molecule has 0 aliphatic heterocycles. The number of nitrogens with one attached hydrogen (secondary N) is 1. The molecule has 0 bridgehead atoms. The van der Waals surface area contributed by atoms with E-state index >= 15 is 0 Å². The number of benzene rings is 1. The summed E-state index contributed by atoms with van der Waals surface area (Å²) in [5.41, 5.74) is 4.77. The van der Waals surface area contributed by atoms with E-state index in [1.54, 1.807) is 0 Å². The number of hydrogen-bond acceptors (Lipinski definition) is 4. The SMILES string of the molecule is CCNC(C)(CCCOCCOc1ccccc1)C(N)=O. The molecule has 0 heterocycles. The number of ether oxygens (including phenoxy) is 2. The summed E-state index contributed by atoms with van der Waals surface area (Å²) in [4.78, 5) is 11.4. The quantitative estimate of drug-likeness (QED) is 0.609. The van der Waals surface area contributed by atoms with Crippen molar-refractivity contribution in [1.29, 1.82) is 0 Å². The molecule has 1 rings (SSSR count). The normalized spacial score (nSPS) is 13.6. The first kappa shape index (κ1) is 17.5. The Morgan fingerprint density at radius 1 is 1.24 bits per heavy atom. The number of para-hydroxylation sites is 1. The Bertz CT molecular complexity index is 411. The maximum absolute atomic E-state index is 11.4. The summed E-state index contributed by atoms with van der Waals surface area (Å²) >= 11 is 0. The number of amides is 1. The second kappa shape index (κ2) is 9.37. The van der Waals surface area contributed by atoms with Gasteiger partial charge in [0.15, 0.2) is 0 Å². The number of carbonyl (C=O) groups excluding carboxylic acids is 1. The lowest BCUT2D eigenvalue weighted by Crippen LogP contribution is -2.53. The first-order valence-corrected chi connectivity index (χ1v) is 7.39. The maximum atomic E-state index is 11.4. The highest BCUT2D eigenvalue weighted by Gasteiger charge is 2.28. The summed E-state index contributed by atoms with van der Waals surface area (Å²) in [6, 6.07) is 9.63. The predicted octanol–water partition coefficient (Wildman–Crippen LogP) is 1.72. The van der Waals surface area contributed by atoms with Crippen molar-refractivity contribution in [2.24, 2.45) is 5.73 Å². The molecular weight excluding hydrogens is 268 g/mol. The summed E-state index contributed by atoms with van der Waals surface area (Å²) < 4.78 is 11.0. The van der Waals surface area contributed by atoms with Gasteiger partial charge in [0.1, 0.15) is 12.4 Å². The summed E-state index contributed by atoms with van der Waals surface area (Å²) in [5, 5.41) is 3.13. The Morgan fingerprint density at radius 2 is 1.95 bits per heavy atom. The third kappa shape index (κ3) is 6.60. The van der Waals surface area contributed by atoms with Gasteiger partial charge in [0.2, 0.25) is 5.91 Å². The van der Waals surface area contributed by atoms with Gasteiger partial charge in [0, 0.05) is 6.61 Å². The Balaban J connectivity index is 2.10. The monoisotopic (exact) mass is 294 g/mol. The van der Waals surface area contributed by atoms with Crippen molar-refractivity contribution in [3.8, 4) is 5.75 Å². The zero-order valence-corrected chi connectivity index (χ0v) is 12.9. The standard InChI is InChI=1S/C16H26N2O3/c1-3-18-16(2,15(17)19)10-7-11-20-12-13-21-14-8-5-4-6-9-14/h4-6,8-9,18H,3,7,10-13H2,1-2H3,(H2,17,19). The lowest BCUT2D eigenvalue weighted by molar-refractivity contribution is -0.124. The van der Waals surface area contributed by atoms with Crippen molar-refractivity contribution >= 4 is 5.91 Å². The number of rotatable bonds is 11. The Kier molecular flexibility index (Phi) is 7.79. The van der Waals surface area contributed by atoms with Crippen LogP contribution < -0.4 is 15.8 Å². The highest BCUT2D eigenvalue weighted by Crippen LogP contribution is 2.12. The van der Waals surface area contributed by atoms with Gasteiger partial charge in [-0.1, -0.05) is 25.1 Å². The van der Waals surface area contributed by atoms with E-state index in [9.17, 15) is 4.79 Å². The van der Waals surface area contributed by atoms with Crippen molar-refractivity contribution < 1.29 is 14.3 Å². The van der Waals surface area contributed by atoms with Crippen LogP contribution >= 0.6 is 0 Å². The lowest BCUT2D eigenvalue weighted by Gasteiger charge is -2.26. The minimum atomic E-state index is -0.654. The van der Waals surface area contributed by atoms with Crippen LogP contribution in [-0.2, 0) is 9.53 Å². The topological polar surface area (TPSA) is 73.6 Å². The molecule has 1 unspecified atom stereocenters. The second-order valence-corrected chi connectivity index (χ2v) is 5.10. The van der Waals surface area contributed by atoms with Crippen LogP contribution in [0.2, 0.25) is 0 Å². The first-order valence-electron chi connectivity index (χ1n) is 7.39. The van der Waals surface area contributed by atoms with Crippen LogP contribution in [0.4, 0.5) is 0 Å². The van der Waals surface area contributed by atoms with Gasteiger partial charge in [-0.3, -0.25) is 4.79 Å². The highest BCUT2D eigenvalue weighted by atomic mass is 16.5. The Morgan fingerprint density at radius 3 is 2.57 bits per heavy atom. The van der Waals surface area contributed by atoms with Gasteiger partial charge in [-0.25, -0.2) is 0 Å². The smallest absolute Gasteiger partial charge is 0.237 e. The third-order valence-electron chi connectivity index (χ3n) is 3.32. The largest absolute Gasteiger partial charge is 0.491 e. The fourth-order valence-corrected chi connectivity index (χ4v) is 2.05. The molecular formula is C16H26N2O3. The van der Waals surface area contributed by atoms with Crippen LogP contribution in [0.5, 0.6) is 5.75 Å². The molecule has 0 aromatic heterocycles. The van der Waals surface area contributed by atoms with Crippen molar-refractivity contribution in [3.63, 3.8) is 0 Å². The molecule has 0 radical (unpaired) electrons. The molecule has 1 aromatic rings. The zero-order valence-electron chi connectivity index (χ0n) is 12.9. The van der Waals surface area contributed by atoms with Gasteiger partial charge in [0.25, 0.3) is 0 Å². The van der Waals surface area contributed by atoms with E-state index in [0.717, 1.165) is 12.2 Å². The van der Waals surface area contributed by atoms with Gasteiger partial charge in [0.05, 0.1) is 12.1 Å². The molecule has 0 aliphatic rings. The van der Waals surface area contributed by atoms with Crippen molar-refractivity contribution in [2.45, 2.75) is 32.2 Å². The van der Waals surface area contributed by atoms with Crippen molar-refractivity contribution in [1.82, 2.24) is 5.32 Å². The number of hydrogen-bond donors (Lipinski definition) is 2. The molecule has 0 saturated carbocycles. The maximum Gasteiger partial charge on any atom is 0.237 e. The van der Waals surface area contributed by atoms with E-state index in [1.807, 2.05) is 44.2 Å². The molecule has 0 aliphatic carbocycles. The Hall–Kier alpha value is -1.59. The molecule has 1 amide bonds. The molecule has 5 nitrogen and oxygen atoms in total. The van der Waals surface area contributed by atoms with Gasteiger partial charge < -0.3 is 20.5 Å². The Labute approximate surface area is 126 Å². The predicted molar refractivity (Wildman–Crippen MR) is 83.3 cm³/mol. The fourth-order valence-electron chi connectivity index (χ4n) is 2.05. The molecule has 1 aromatic carbocycles. The molecule has 5 heteroatoms. The fraction of sp³-hybridized carbons (Fsp3) is 0.562. The average molecular weight is 294 g/mol. The third-order valence-corrected chi connectivity index (χ3v) is 3.32. The van der Waals surface area contributed by atoms with Crippen LogP contribution in [0.15, 0.2) is 30.3 Å². The second-order valence-electron chi connectivity index (χ2n) is 5.10. The van der Waals surface area contributed by atoms with E-state index in [0.29, 0.717) is 32.8 Å². The minimum absolute atomic E-state index is 0.322. The molecule has 1 atom stereocenters. The van der Waals surface area contributed by atoms with Crippen molar-refractivity contribution in [3.05, 3.63) is 30.3 Å². The molecule has 118 valence electrons. The van der Waals surface area contributed by atoms with Crippen LogP contribution in [0.3, 0.4) is 0 Å². The average Bonchev–Trinajstić information content (AvgIpc) is 2.47. The van der Waals surface area contributed by atoms with E-state index in [-0.39, 0.29) is 5.91 Å². The number of primary amides is 1. The van der Waals surface area contributed by atoms with E-state index in [1.165, 1.54) is 0 Å². The lowest BCUT2D eigenvalue weighted by atomic mass is 9.95. The van der Waals surface area contributed by atoms with Gasteiger partial charge in [-0.15, -0.1) is 0 Å². The van der Waals surface area contributed by atoms with Gasteiger partial charge >= 0.3 is 0 Å². The van der Waals surface area contributed by atoms with E-state index in [2.05, 4.69) is 5.32 Å². The van der Waals surface area contributed by atoms with Crippen LogP contribution in [-0.4, -0.2) is 37.8 Å². The summed E-state index contributed by atoms with van der Waals surface area (Å²) in [7, 11) is 0. The van der Waals surface area contributed by atoms with E-state index in [4.69, 9.17) is 15.2 Å². The molecule has 21 heavy (non-hydrogen) atoms.